The summed E-state index contributed by atoms with van der Waals surface area (Å²) in [5.74, 6) is 4.04. The number of para-hydroxylation sites is 2. The lowest BCUT2D eigenvalue weighted by Crippen LogP contribution is -2.46. The molecule has 2 N–H and O–H groups in total. The summed E-state index contributed by atoms with van der Waals surface area (Å²) in [4.78, 5) is 18.3. The van der Waals surface area contributed by atoms with Crippen LogP contribution in [0.4, 0.5) is 5.69 Å². The molecule has 0 spiro atoms. The average molecular weight is 490 g/mol. The van der Waals surface area contributed by atoms with Gasteiger partial charge in [0.05, 0.1) is 5.69 Å². The Balaban J connectivity index is 0.00000243. The van der Waals surface area contributed by atoms with Crippen molar-refractivity contribution >= 4 is 53.3 Å². The van der Waals surface area contributed by atoms with E-state index in [1.165, 1.54) is 18.6 Å². The molecule has 1 saturated heterocycles. The molecule has 2 aliphatic rings. The summed E-state index contributed by atoms with van der Waals surface area (Å²) in [6.07, 6.45) is 3.31. The first-order valence-electron chi connectivity index (χ1n) is 8.85. The Hall–Kier alpha value is -1.16. The van der Waals surface area contributed by atoms with E-state index in [1.54, 1.807) is 7.05 Å². The molecule has 1 fully saturated rings. The first-order chi connectivity index (χ1) is 12.3. The van der Waals surface area contributed by atoms with Gasteiger partial charge in [-0.15, -0.1) is 24.0 Å². The third-order valence-electron chi connectivity index (χ3n) is 4.38. The van der Waals surface area contributed by atoms with Gasteiger partial charge in [0.15, 0.2) is 12.6 Å². The van der Waals surface area contributed by atoms with E-state index >= 15 is 0 Å². The number of benzene rings is 1. The molecular weight excluding hydrogens is 463 g/mol. The fourth-order valence-corrected chi connectivity index (χ4v) is 4.16. The van der Waals surface area contributed by atoms with Crippen LogP contribution in [0.2, 0.25) is 0 Å². The van der Waals surface area contributed by atoms with Gasteiger partial charge >= 0.3 is 0 Å². The number of nitrogens with zero attached hydrogens (tertiary/aromatic N) is 2. The van der Waals surface area contributed by atoms with Gasteiger partial charge in [-0.3, -0.25) is 9.79 Å². The van der Waals surface area contributed by atoms with Crippen LogP contribution in [0.3, 0.4) is 0 Å². The normalized spacial score (nSPS) is 19.9. The molecule has 0 aromatic heterocycles. The standard InChI is InChI=1S/C18H26N4O2S.HI/c1-19-18(21-14-6-4-11-25-13-14)20-9-5-10-22-15-7-2-3-8-16(15)24-12-17(22)23;/h2-3,7-8,14H,4-6,9-13H2,1H3,(H2,19,20,21);1H. The zero-order chi connectivity index (χ0) is 17.5. The van der Waals surface area contributed by atoms with Crippen molar-refractivity contribution in [3.8, 4) is 5.75 Å². The number of amides is 1. The van der Waals surface area contributed by atoms with E-state index in [9.17, 15) is 4.79 Å². The third-order valence-corrected chi connectivity index (χ3v) is 5.60. The highest BCUT2D eigenvalue weighted by Gasteiger charge is 2.24. The van der Waals surface area contributed by atoms with E-state index in [4.69, 9.17) is 4.74 Å². The number of thioether (sulfide) groups is 1. The Morgan fingerprint density at radius 3 is 3.04 bits per heavy atom. The molecule has 0 aliphatic carbocycles. The predicted octanol–water partition coefficient (Wildman–Crippen LogP) is 2.48. The number of halogens is 1. The fraction of sp³-hybridized carbons (Fsp3) is 0.556. The van der Waals surface area contributed by atoms with Crippen LogP contribution in [0.25, 0.3) is 0 Å². The van der Waals surface area contributed by atoms with Gasteiger partial charge in [0.1, 0.15) is 5.75 Å². The molecule has 3 rings (SSSR count). The van der Waals surface area contributed by atoms with Crippen LogP contribution in [0.15, 0.2) is 29.3 Å². The zero-order valence-electron chi connectivity index (χ0n) is 15.1. The Morgan fingerprint density at radius 1 is 1.42 bits per heavy atom. The summed E-state index contributed by atoms with van der Waals surface area (Å²) in [5.41, 5.74) is 0.862. The minimum absolute atomic E-state index is 0. The van der Waals surface area contributed by atoms with Gasteiger partial charge in [-0.05, 0) is 37.1 Å². The molecule has 1 aromatic rings. The quantitative estimate of drug-likeness (QED) is 0.288. The maximum Gasteiger partial charge on any atom is 0.265 e. The van der Waals surface area contributed by atoms with Crippen molar-refractivity contribution in [3.63, 3.8) is 0 Å². The van der Waals surface area contributed by atoms with E-state index in [2.05, 4.69) is 15.6 Å². The van der Waals surface area contributed by atoms with Gasteiger partial charge in [-0.2, -0.15) is 11.8 Å². The first kappa shape index (κ1) is 21.1. The van der Waals surface area contributed by atoms with Gasteiger partial charge < -0.3 is 20.3 Å². The van der Waals surface area contributed by atoms with Crippen molar-refractivity contribution < 1.29 is 9.53 Å². The van der Waals surface area contributed by atoms with Crippen LogP contribution < -0.4 is 20.3 Å². The van der Waals surface area contributed by atoms with Gasteiger partial charge in [-0.25, -0.2) is 0 Å². The molecule has 8 heteroatoms. The number of aliphatic imine (C=N–C) groups is 1. The SMILES string of the molecule is CN=C(NCCCN1C(=O)COc2ccccc21)NC1CCCSC1.I. The second kappa shape index (κ2) is 10.9. The molecule has 1 unspecified atom stereocenters. The Morgan fingerprint density at radius 2 is 2.27 bits per heavy atom. The minimum Gasteiger partial charge on any atom is -0.482 e. The number of hydrogen-bond acceptors (Lipinski definition) is 4. The molecule has 6 nitrogen and oxygen atoms in total. The third kappa shape index (κ3) is 5.67. The highest BCUT2D eigenvalue weighted by Crippen LogP contribution is 2.31. The molecule has 1 amide bonds. The molecule has 0 radical (unpaired) electrons. The monoisotopic (exact) mass is 490 g/mol. The van der Waals surface area contributed by atoms with E-state index in [-0.39, 0.29) is 36.5 Å². The molecule has 144 valence electrons. The zero-order valence-corrected chi connectivity index (χ0v) is 18.2. The van der Waals surface area contributed by atoms with Crippen molar-refractivity contribution in [2.45, 2.75) is 25.3 Å². The Bertz CT molecular complexity index is 623. The summed E-state index contributed by atoms with van der Waals surface area (Å²) >= 11 is 2.00. The molecule has 1 atom stereocenters. The largest absolute Gasteiger partial charge is 0.482 e. The van der Waals surface area contributed by atoms with Crippen LogP contribution in [-0.4, -0.2) is 56.2 Å². The van der Waals surface area contributed by atoms with Crippen molar-refractivity contribution in [1.82, 2.24) is 10.6 Å². The van der Waals surface area contributed by atoms with E-state index in [0.717, 1.165) is 36.1 Å². The minimum atomic E-state index is 0. The number of hydrogen-bond donors (Lipinski definition) is 2. The fourth-order valence-electron chi connectivity index (χ4n) is 3.09. The summed E-state index contributed by atoms with van der Waals surface area (Å²) in [5, 5.41) is 6.84. The van der Waals surface area contributed by atoms with Crippen LogP contribution in [0, 0.1) is 0 Å². The van der Waals surface area contributed by atoms with Crippen molar-refractivity contribution in [1.29, 1.82) is 0 Å². The van der Waals surface area contributed by atoms with Crippen LogP contribution in [0.1, 0.15) is 19.3 Å². The number of nitrogens with one attached hydrogen (secondary N) is 2. The lowest BCUT2D eigenvalue weighted by molar-refractivity contribution is -0.121. The van der Waals surface area contributed by atoms with Gasteiger partial charge in [0, 0.05) is 31.9 Å². The number of rotatable bonds is 5. The Labute approximate surface area is 176 Å². The first-order valence-corrected chi connectivity index (χ1v) is 10.0. The number of anilines is 1. The van der Waals surface area contributed by atoms with Gasteiger partial charge in [0.2, 0.25) is 0 Å². The number of fused-ring (bicyclic) bond motifs is 1. The molecule has 2 heterocycles. The second-order valence-corrected chi connectivity index (χ2v) is 7.36. The lowest BCUT2D eigenvalue weighted by Gasteiger charge is -2.29. The van der Waals surface area contributed by atoms with Crippen LogP contribution in [0.5, 0.6) is 5.75 Å². The maximum atomic E-state index is 12.1. The van der Waals surface area contributed by atoms with E-state index in [0.29, 0.717) is 12.6 Å². The van der Waals surface area contributed by atoms with Crippen LogP contribution >= 0.6 is 35.7 Å². The summed E-state index contributed by atoms with van der Waals surface area (Å²) in [6, 6.07) is 8.19. The highest BCUT2D eigenvalue weighted by atomic mass is 127. The summed E-state index contributed by atoms with van der Waals surface area (Å²) < 4.78 is 5.47. The van der Waals surface area contributed by atoms with E-state index in [1.807, 2.05) is 40.9 Å². The van der Waals surface area contributed by atoms with E-state index < -0.39 is 0 Å². The Kier molecular flexibility index (Phi) is 8.83. The molecule has 0 saturated carbocycles. The second-order valence-electron chi connectivity index (χ2n) is 6.21. The molecule has 0 bridgehead atoms. The topological polar surface area (TPSA) is 66.0 Å². The molecule has 2 aliphatic heterocycles. The van der Waals surface area contributed by atoms with Crippen molar-refractivity contribution in [2.75, 3.05) is 43.1 Å². The van der Waals surface area contributed by atoms with Gasteiger partial charge in [-0.1, -0.05) is 12.1 Å². The smallest absolute Gasteiger partial charge is 0.265 e. The van der Waals surface area contributed by atoms with Gasteiger partial charge in [0.25, 0.3) is 5.91 Å². The number of guanidine groups is 1. The van der Waals surface area contributed by atoms with Crippen molar-refractivity contribution in [2.24, 2.45) is 4.99 Å². The summed E-state index contributed by atoms with van der Waals surface area (Å²) in [6.45, 7) is 1.56. The maximum absolute atomic E-state index is 12.1. The number of ether oxygens (including phenoxy) is 1. The van der Waals surface area contributed by atoms with Crippen molar-refractivity contribution in [3.05, 3.63) is 24.3 Å². The number of carbonyl (C=O) groups is 1. The van der Waals surface area contributed by atoms with Crippen LogP contribution in [-0.2, 0) is 4.79 Å². The highest BCUT2D eigenvalue weighted by molar-refractivity contribution is 14.0. The molecular formula is C18H27IN4O2S. The molecule has 26 heavy (non-hydrogen) atoms. The number of carbonyl (C=O) groups excluding carboxylic acids is 1. The summed E-state index contributed by atoms with van der Waals surface area (Å²) in [7, 11) is 1.80. The molecule has 1 aromatic carbocycles. The lowest BCUT2D eigenvalue weighted by atomic mass is 10.2. The predicted molar refractivity (Wildman–Crippen MR) is 119 cm³/mol. The average Bonchev–Trinajstić information content (AvgIpc) is 2.66.